The monoisotopic (exact) mass is 319 g/mol. The summed E-state index contributed by atoms with van der Waals surface area (Å²) in [4.78, 5) is 18.5. The maximum Gasteiger partial charge on any atom is 0.348 e. The lowest BCUT2D eigenvalue weighted by molar-refractivity contribution is 0.0702. The first-order chi connectivity index (χ1) is 10.5. The Morgan fingerprint density at radius 1 is 1.36 bits per heavy atom. The first-order valence-electron chi connectivity index (χ1n) is 7.28. The number of aromatic carboxylic acids is 1. The number of carbonyl (C=O) groups is 1. The number of thiazole rings is 1. The lowest BCUT2D eigenvalue weighted by Crippen LogP contribution is -2.21. The number of carboxylic acids is 1. The van der Waals surface area contributed by atoms with Gasteiger partial charge in [0.05, 0.1) is 12.2 Å². The molecule has 0 aliphatic rings. The van der Waals surface area contributed by atoms with Crippen LogP contribution in [0.15, 0.2) is 18.2 Å². The molecule has 1 aromatic carbocycles. The van der Waals surface area contributed by atoms with Crippen molar-refractivity contribution in [1.82, 2.24) is 9.88 Å². The van der Waals surface area contributed by atoms with Crippen LogP contribution in [0.1, 0.15) is 34.1 Å². The number of hydrogen-bond donors (Lipinski definition) is 2. The smallest absolute Gasteiger partial charge is 0.348 e. The lowest BCUT2D eigenvalue weighted by Gasteiger charge is -2.15. The highest BCUT2D eigenvalue weighted by atomic mass is 32.1. The summed E-state index contributed by atoms with van der Waals surface area (Å²) in [5, 5.41) is 10.3. The molecule has 3 N–H and O–H groups in total. The van der Waals surface area contributed by atoms with Crippen LogP contribution < -0.4 is 5.73 Å². The van der Waals surface area contributed by atoms with Crippen LogP contribution in [0.4, 0.5) is 5.69 Å². The molecule has 0 unspecified atom stereocenters. The molecule has 0 amide bonds. The number of rotatable bonds is 6. The van der Waals surface area contributed by atoms with E-state index in [0.717, 1.165) is 29.2 Å². The van der Waals surface area contributed by atoms with E-state index >= 15 is 0 Å². The van der Waals surface area contributed by atoms with Crippen LogP contribution >= 0.6 is 11.3 Å². The van der Waals surface area contributed by atoms with Crippen LogP contribution in [0.2, 0.25) is 0 Å². The second kappa shape index (κ2) is 6.89. The first-order valence-corrected chi connectivity index (χ1v) is 8.09. The van der Waals surface area contributed by atoms with Gasteiger partial charge in [0.2, 0.25) is 0 Å². The minimum Gasteiger partial charge on any atom is -0.477 e. The highest BCUT2D eigenvalue weighted by Crippen LogP contribution is 2.31. The van der Waals surface area contributed by atoms with E-state index < -0.39 is 5.97 Å². The summed E-state index contributed by atoms with van der Waals surface area (Å²) in [7, 11) is 0. The van der Waals surface area contributed by atoms with Gasteiger partial charge in [0.15, 0.2) is 0 Å². The van der Waals surface area contributed by atoms with Gasteiger partial charge in [0, 0.05) is 11.3 Å². The van der Waals surface area contributed by atoms with Gasteiger partial charge in [-0.05, 0) is 31.6 Å². The molecule has 6 heteroatoms. The SMILES string of the molecule is CCN(CC)Cc1nc(-c2ccc(C)c(N)c2)c(C(=O)O)s1. The van der Waals surface area contributed by atoms with Crippen molar-refractivity contribution in [1.29, 1.82) is 0 Å². The molecule has 0 radical (unpaired) electrons. The average Bonchev–Trinajstić information content (AvgIpc) is 2.91. The summed E-state index contributed by atoms with van der Waals surface area (Å²) >= 11 is 1.24. The van der Waals surface area contributed by atoms with Crippen molar-refractivity contribution >= 4 is 23.0 Å². The lowest BCUT2D eigenvalue weighted by atomic mass is 10.1. The van der Waals surface area contributed by atoms with Gasteiger partial charge in [-0.1, -0.05) is 26.0 Å². The molecule has 22 heavy (non-hydrogen) atoms. The summed E-state index contributed by atoms with van der Waals surface area (Å²) in [6, 6.07) is 5.55. The van der Waals surface area contributed by atoms with Gasteiger partial charge in [-0.2, -0.15) is 0 Å². The molecule has 0 spiro atoms. The third kappa shape index (κ3) is 3.45. The first kappa shape index (κ1) is 16.5. The molecule has 0 atom stereocenters. The summed E-state index contributed by atoms with van der Waals surface area (Å²) in [6.45, 7) is 8.56. The average molecular weight is 319 g/mol. The third-order valence-electron chi connectivity index (χ3n) is 3.67. The zero-order chi connectivity index (χ0) is 16.3. The molecule has 5 nitrogen and oxygen atoms in total. The minimum atomic E-state index is -0.947. The number of anilines is 1. The van der Waals surface area contributed by atoms with E-state index in [1.807, 2.05) is 19.1 Å². The predicted molar refractivity (Wildman–Crippen MR) is 90.3 cm³/mol. The van der Waals surface area contributed by atoms with Crippen LogP contribution in [0.5, 0.6) is 0 Å². The Morgan fingerprint density at radius 2 is 2.05 bits per heavy atom. The Balaban J connectivity index is 2.43. The van der Waals surface area contributed by atoms with Gasteiger partial charge in [-0.25, -0.2) is 9.78 Å². The van der Waals surface area contributed by atoms with Crippen molar-refractivity contribution in [2.45, 2.75) is 27.3 Å². The van der Waals surface area contributed by atoms with Gasteiger partial charge in [0.25, 0.3) is 0 Å². The Bertz CT molecular complexity index is 678. The maximum absolute atomic E-state index is 11.5. The molecular weight excluding hydrogens is 298 g/mol. The van der Waals surface area contributed by atoms with Gasteiger partial charge >= 0.3 is 5.97 Å². The normalized spacial score (nSPS) is 11.1. The Hall–Kier alpha value is -1.92. The fourth-order valence-electron chi connectivity index (χ4n) is 2.20. The molecule has 0 aliphatic heterocycles. The van der Waals surface area contributed by atoms with E-state index in [1.165, 1.54) is 11.3 Å². The van der Waals surface area contributed by atoms with Crippen molar-refractivity contribution in [3.8, 4) is 11.3 Å². The molecule has 0 bridgehead atoms. The quantitative estimate of drug-likeness (QED) is 0.799. The van der Waals surface area contributed by atoms with Crippen LogP contribution in [0, 0.1) is 6.92 Å². The number of carboxylic acid groups (broad SMARTS) is 1. The highest BCUT2D eigenvalue weighted by Gasteiger charge is 2.20. The van der Waals surface area contributed by atoms with Gasteiger partial charge < -0.3 is 10.8 Å². The van der Waals surface area contributed by atoms with Crippen LogP contribution in [0.25, 0.3) is 11.3 Å². The van der Waals surface area contributed by atoms with Gasteiger partial charge in [-0.15, -0.1) is 11.3 Å². The minimum absolute atomic E-state index is 0.269. The number of benzene rings is 1. The Labute approximate surface area is 134 Å². The van der Waals surface area contributed by atoms with Crippen LogP contribution in [-0.2, 0) is 6.54 Å². The predicted octanol–water partition coefficient (Wildman–Crippen LogP) is 3.24. The third-order valence-corrected chi connectivity index (χ3v) is 4.70. The van der Waals surface area contributed by atoms with Crippen molar-refractivity contribution in [2.75, 3.05) is 18.8 Å². The zero-order valence-electron chi connectivity index (χ0n) is 13.1. The summed E-state index contributed by atoms with van der Waals surface area (Å²) in [6.07, 6.45) is 0. The summed E-state index contributed by atoms with van der Waals surface area (Å²) in [5.74, 6) is -0.947. The fourth-order valence-corrected chi connectivity index (χ4v) is 3.17. The van der Waals surface area contributed by atoms with Gasteiger partial charge in [-0.3, -0.25) is 4.90 Å². The zero-order valence-corrected chi connectivity index (χ0v) is 13.9. The number of aromatic nitrogens is 1. The highest BCUT2D eigenvalue weighted by molar-refractivity contribution is 7.14. The molecule has 2 aromatic rings. The molecular formula is C16H21N3O2S. The molecule has 0 saturated heterocycles. The molecule has 1 aromatic heterocycles. The summed E-state index contributed by atoms with van der Waals surface area (Å²) < 4.78 is 0. The molecule has 0 aliphatic carbocycles. The van der Waals surface area contributed by atoms with Crippen LogP contribution in [-0.4, -0.2) is 34.0 Å². The second-order valence-corrected chi connectivity index (χ2v) is 6.21. The largest absolute Gasteiger partial charge is 0.477 e. The fraction of sp³-hybridized carbons (Fsp3) is 0.375. The number of hydrogen-bond acceptors (Lipinski definition) is 5. The van der Waals surface area contributed by atoms with E-state index in [9.17, 15) is 9.90 Å². The van der Waals surface area contributed by atoms with Crippen molar-refractivity contribution in [3.05, 3.63) is 33.6 Å². The van der Waals surface area contributed by atoms with Crippen LogP contribution in [0.3, 0.4) is 0 Å². The van der Waals surface area contributed by atoms with E-state index in [1.54, 1.807) is 6.07 Å². The molecule has 2 rings (SSSR count). The molecule has 118 valence electrons. The van der Waals surface area contributed by atoms with E-state index in [-0.39, 0.29) is 4.88 Å². The topological polar surface area (TPSA) is 79.5 Å². The molecule has 0 saturated carbocycles. The number of nitrogens with two attached hydrogens (primary N) is 1. The van der Waals surface area contributed by atoms with E-state index in [0.29, 0.717) is 17.9 Å². The van der Waals surface area contributed by atoms with Gasteiger partial charge in [0.1, 0.15) is 9.88 Å². The van der Waals surface area contributed by atoms with Crippen molar-refractivity contribution in [2.24, 2.45) is 0 Å². The Kier molecular flexibility index (Phi) is 5.15. The van der Waals surface area contributed by atoms with Crippen molar-refractivity contribution in [3.63, 3.8) is 0 Å². The van der Waals surface area contributed by atoms with Crippen molar-refractivity contribution < 1.29 is 9.90 Å². The number of nitrogen functional groups attached to an aromatic ring is 1. The second-order valence-electron chi connectivity index (χ2n) is 5.12. The maximum atomic E-state index is 11.5. The Morgan fingerprint density at radius 3 is 2.59 bits per heavy atom. The van der Waals surface area contributed by atoms with E-state index in [2.05, 4.69) is 23.7 Å². The summed E-state index contributed by atoms with van der Waals surface area (Å²) in [5.41, 5.74) is 8.81. The number of nitrogens with zero attached hydrogens (tertiary/aromatic N) is 2. The standard InChI is InChI=1S/C16H21N3O2S/c1-4-19(5-2)9-13-18-14(15(22-13)16(20)21)11-7-6-10(3)12(17)8-11/h6-8H,4-5,9,17H2,1-3H3,(H,20,21). The van der Waals surface area contributed by atoms with E-state index in [4.69, 9.17) is 5.73 Å². The number of aryl methyl sites for hydroxylation is 1. The molecule has 0 fully saturated rings. The molecule has 1 heterocycles.